The van der Waals surface area contributed by atoms with Gasteiger partial charge in [0.25, 0.3) is 0 Å². The maximum Gasteiger partial charge on any atom is 0.0340 e. The van der Waals surface area contributed by atoms with Crippen LogP contribution in [-0.4, -0.2) is 56.6 Å². The lowest BCUT2D eigenvalue weighted by molar-refractivity contribution is 0.240. The number of likely N-dealkylation sites (N-methyl/N-ethyl adjacent to an activating group) is 1. The zero-order valence-electron chi connectivity index (χ0n) is 12.7. The molecule has 1 N–H and O–H groups in total. The molecule has 0 aliphatic carbocycles. The summed E-state index contributed by atoms with van der Waals surface area (Å²) >= 11 is 0. The van der Waals surface area contributed by atoms with Crippen molar-refractivity contribution in [3.05, 3.63) is 30.3 Å². The average molecular weight is 263 g/mol. The van der Waals surface area contributed by atoms with Crippen LogP contribution in [0.3, 0.4) is 0 Å². The predicted molar refractivity (Wildman–Crippen MR) is 84.8 cm³/mol. The quantitative estimate of drug-likeness (QED) is 0.655. The van der Waals surface area contributed by atoms with Crippen LogP contribution >= 0.6 is 0 Å². The third-order valence-corrected chi connectivity index (χ3v) is 3.16. The van der Waals surface area contributed by atoms with E-state index in [9.17, 15) is 0 Å². The lowest BCUT2D eigenvalue weighted by Gasteiger charge is -2.23. The van der Waals surface area contributed by atoms with Gasteiger partial charge >= 0.3 is 0 Å². The van der Waals surface area contributed by atoms with Crippen molar-refractivity contribution in [3.8, 4) is 0 Å². The van der Waals surface area contributed by atoms with Gasteiger partial charge in [-0.25, -0.2) is 0 Å². The summed E-state index contributed by atoms with van der Waals surface area (Å²) in [5.41, 5.74) is 1.22. The highest BCUT2D eigenvalue weighted by atomic mass is 15.2. The van der Waals surface area contributed by atoms with Crippen LogP contribution in [0.4, 0.5) is 5.69 Å². The van der Waals surface area contributed by atoms with E-state index in [1.54, 1.807) is 0 Å². The highest BCUT2D eigenvalue weighted by Gasteiger charge is 2.03. The molecule has 0 bridgehead atoms. The lowest BCUT2D eigenvalue weighted by atomic mass is 10.3. The first kappa shape index (κ1) is 16.0. The third kappa shape index (κ3) is 7.85. The summed E-state index contributed by atoms with van der Waals surface area (Å²) in [4.78, 5) is 4.82. The molecule has 0 unspecified atom stereocenters. The Bertz CT molecular complexity index is 311. The second-order valence-electron chi connectivity index (χ2n) is 5.29. The molecule has 0 saturated heterocycles. The van der Waals surface area contributed by atoms with Gasteiger partial charge in [-0.05, 0) is 52.2 Å². The van der Waals surface area contributed by atoms with Gasteiger partial charge < -0.3 is 15.1 Å². The molecule has 3 nitrogen and oxygen atoms in total. The fourth-order valence-electron chi connectivity index (χ4n) is 2.08. The number of benzene rings is 1. The highest BCUT2D eigenvalue weighted by Crippen LogP contribution is 2.04. The third-order valence-electron chi connectivity index (χ3n) is 3.16. The Morgan fingerprint density at radius 3 is 2.32 bits per heavy atom. The van der Waals surface area contributed by atoms with Crippen molar-refractivity contribution in [1.29, 1.82) is 0 Å². The van der Waals surface area contributed by atoms with Crippen molar-refractivity contribution in [2.45, 2.75) is 19.8 Å². The summed E-state index contributed by atoms with van der Waals surface area (Å²) < 4.78 is 0. The van der Waals surface area contributed by atoms with Crippen LogP contribution < -0.4 is 5.32 Å². The van der Waals surface area contributed by atoms with Crippen molar-refractivity contribution >= 4 is 5.69 Å². The molecule has 0 radical (unpaired) electrons. The maximum absolute atomic E-state index is 3.47. The fraction of sp³-hybridized carbons (Fsp3) is 0.625. The van der Waals surface area contributed by atoms with Gasteiger partial charge in [0.1, 0.15) is 0 Å². The van der Waals surface area contributed by atoms with Crippen molar-refractivity contribution < 1.29 is 0 Å². The molecule has 1 aromatic rings. The number of rotatable bonds is 10. The van der Waals surface area contributed by atoms with Crippen LogP contribution in [0.15, 0.2) is 30.3 Å². The van der Waals surface area contributed by atoms with Crippen LogP contribution in [0.1, 0.15) is 19.8 Å². The van der Waals surface area contributed by atoms with Crippen molar-refractivity contribution in [1.82, 2.24) is 9.80 Å². The van der Waals surface area contributed by atoms with Crippen molar-refractivity contribution in [3.63, 3.8) is 0 Å². The smallest absolute Gasteiger partial charge is 0.0340 e. The fourth-order valence-corrected chi connectivity index (χ4v) is 2.08. The van der Waals surface area contributed by atoms with E-state index < -0.39 is 0 Å². The van der Waals surface area contributed by atoms with E-state index in [4.69, 9.17) is 0 Å². The molecule has 0 amide bonds. The molecular weight excluding hydrogens is 234 g/mol. The topological polar surface area (TPSA) is 18.5 Å². The van der Waals surface area contributed by atoms with E-state index in [1.807, 2.05) is 0 Å². The number of nitrogens with one attached hydrogen (secondary N) is 1. The first-order valence-corrected chi connectivity index (χ1v) is 7.38. The van der Waals surface area contributed by atoms with Gasteiger partial charge in [0.2, 0.25) is 0 Å². The van der Waals surface area contributed by atoms with Gasteiger partial charge in [-0.2, -0.15) is 0 Å². The zero-order valence-corrected chi connectivity index (χ0v) is 12.7. The molecule has 0 spiro atoms. The molecule has 0 atom stereocenters. The Kier molecular flexibility index (Phi) is 8.26. The number of nitrogens with zero attached hydrogens (tertiary/aromatic N) is 2. The first-order valence-electron chi connectivity index (χ1n) is 7.38. The summed E-state index contributed by atoms with van der Waals surface area (Å²) in [6.45, 7) is 8.01. The van der Waals surface area contributed by atoms with Crippen molar-refractivity contribution in [2.24, 2.45) is 0 Å². The van der Waals surface area contributed by atoms with Crippen LogP contribution in [0.5, 0.6) is 0 Å². The zero-order chi connectivity index (χ0) is 13.9. The number of para-hydroxylation sites is 1. The van der Waals surface area contributed by atoms with Gasteiger partial charge in [0.15, 0.2) is 0 Å². The van der Waals surface area contributed by atoms with Gasteiger partial charge in [-0.1, -0.05) is 25.1 Å². The second kappa shape index (κ2) is 9.82. The van der Waals surface area contributed by atoms with E-state index in [1.165, 1.54) is 38.2 Å². The molecule has 0 aliphatic heterocycles. The molecule has 0 aliphatic rings. The predicted octanol–water partition coefficient (Wildman–Crippen LogP) is 2.76. The molecule has 0 fully saturated rings. The minimum Gasteiger partial charge on any atom is -0.385 e. The van der Waals surface area contributed by atoms with Gasteiger partial charge in [-0.3, -0.25) is 0 Å². The standard InChI is InChI=1S/C16H29N3/c1-4-12-19(15-14-18(2)3)13-8-11-17-16-9-6-5-7-10-16/h5-7,9-10,17H,4,8,11-15H2,1-3H3. The average Bonchev–Trinajstić information content (AvgIpc) is 2.41. The highest BCUT2D eigenvalue weighted by molar-refractivity contribution is 5.42. The molecular formula is C16H29N3. The maximum atomic E-state index is 3.47. The Balaban J connectivity index is 2.17. The van der Waals surface area contributed by atoms with Crippen LogP contribution in [0.2, 0.25) is 0 Å². The van der Waals surface area contributed by atoms with Crippen LogP contribution in [0.25, 0.3) is 0 Å². The molecule has 0 saturated carbocycles. The van der Waals surface area contributed by atoms with E-state index in [2.05, 4.69) is 66.5 Å². The van der Waals surface area contributed by atoms with Gasteiger partial charge in [0.05, 0.1) is 0 Å². The van der Waals surface area contributed by atoms with Gasteiger partial charge in [-0.15, -0.1) is 0 Å². The summed E-state index contributed by atoms with van der Waals surface area (Å²) in [5.74, 6) is 0. The molecule has 108 valence electrons. The Morgan fingerprint density at radius 1 is 0.947 bits per heavy atom. The van der Waals surface area contributed by atoms with E-state index in [-0.39, 0.29) is 0 Å². The Labute approximate surface area is 118 Å². The first-order chi connectivity index (χ1) is 9.22. The number of hydrogen-bond donors (Lipinski definition) is 1. The molecule has 0 aromatic heterocycles. The summed E-state index contributed by atoms with van der Waals surface area (Å²) in [6.07, 6.45) is 2.43. The normalized spacial score (nSPS) is 11.2. The summed E-state index contributed by atoms with van der Waals surface area (Å²) in [7, 11) is 4.28. The SMILES string of the molecule is CCCN(CCCNc1ccccc1)CCN(C)C. The lowest BCUT2D eigenvalue weighted by Crippen LogP contribution is -2.33. The van der Waals surface area contributed by atoms with Gasteiger partial charge in [0, 0.05) is 25.3 Å². The van der Waals surface area contributed by atoms with Crippen LogP contribution in [-0.2, 0) is 0 Å². The Hall–Kier alpha value is -1.06. The number of hydrogen-bond acceptors (Lipinski definition) is 3. The summed E-state index contributed by atoms with van der Waals surface area (Å²) in [5, 5.41) is 3.47. The molecule has 1 aromatic carbocycles. The monoisotopic (exact) mass is 263 g/mol. The molecule has 3 heteroatoms. The summed E-state index contributed by atoms with van der Waals surface area (Å²) in [6, 6.07) is 10.4. The Morgan fingerprint density at radius 2 is 1.68 bits per heavy atom. The molecule has 19 heavy (non-hydrogen) atoms. The molecule has 1 rings (SSSR count). The minimum absolute atomic E-state index is 1.05. The largest absolute Gasteiger partial charge is 0.385 e. The number of anilines is 1. The molecule has 0 heterocycles. The second-order valence-corrected chi connectivity index (χ2v) is 5.29. The van der Waals surface area contributed by atoms with E-state index in [0.717, 1.165) is 13.1 Å². The van der Waals surface area contributed by atoms with E-state index in [0.29, 0.717) is 0 Å². The minimum atomic E-state index is 1.05. The van der Waals surface area contributed by atoms with E-state index >= 15 is 0 Å². The van der Waals surface area contributed by atoms with Crippen molar-refractivity contribution in [2.75, 3.05) is 52.1 Å². The van der Waals surface area contributed by atoms with Crippen LogP contribution in [0, 0.1) is 0 Å².